The van der Waals surface area contributed by atoms with Gasteiger partial charge in [0.25, 0.3) is 0 Å². The van der Waals surface area contributed by atoms with E-state index in [9.17, 15) is 14.7 Å². The van der Waals surface area contributed by atoms with Crippen LogP contribution in [0.4, 0.5) is 0 Å². The molecule has 88 valence electrons. The van der Waals surface area contributed by atoms with Gasteiger partial charge in [-0.1, -0.05) is 6.92 Å². The first-order chi connectivity index (χ1) is 8.08. The lowest BCUT2D eigenvalue weighted by Gasteiger charge is -2.08. The number of phenols is 1. The van der Waals surface area contributed by atoms with Crippen LogP contribution in [0.15, 0.2) is 21.3 Å². The third-order valence-corrected chi connectivity index (χ3v) is 2.82. The molecule has 2 rings (SSSR count). The summed E-state index contributed by atoms with van der Waals surface area (Å²) in [6.45, 7) is 3.61. The summed E-state index contributed by atoms with van der Waals surface area (Å²) in [6, 6.07) is 3.13. The lowest BCUT2D eigenvalue weighted by Crippen LogP contribution is -2.02. The lowest BCUT2D eigenvalue weighted by molar-refractivity contribution is 0.112. The van der Waals surface area contributed by atoms with Crippen LogP contribution in [0.25, 0.3) is 11.0 Å². The van der Waals surface area contributed by atoms with Crippen molar-refractivity contribution in [3.05, 3.63) is 39.2 Å². The van der Waals surface area contributed by atoms with Crippen LogP contribution in [-0.2, 0) is 6.42 Å². The van der Waals surface area contributed by atoms with Crippen molar-refractivity contribution in [3.63, 3.8) is 0 Å². The van der Waals surface area contributed by atoms with E-state index in [1.165, 1.54) is 6.07 Å². The molecule has 17 heavy (non-hydrogen) atoms. The van der Waals surface area contributed by atoms with Gasteiger partial charge in [0.1, 0.15) is 5.75 Å². The molecule has 1 aromatic carbocycles. The summed E-state index contributed by atoms with van der Waals surface area (Å²) < 4.78 is 5.02. The van der Waals surface area contributed by atoms with Gasteiger partial charge in [-0.25, -0.2) is 4.79 Å². The van der Waals surface area contributed by atoms with Crippen molar-refractivity contribution in [2.24, 2.45) is 0 Å². The Morgan fingerprint density at radius 3 is 2.71 bits per heavy atom. The molecule has 4 heteroatoms. The van der Waals surface area contributed by atoms with Crippen LogP contribution in [-0.4, -0.2) is 11.4 Å². The van der Waals surface area contributed by atoms with Gasteiger partial charge in [-0.05, 0) is 30.5 Å². The van der Waals surface area contributed by atoms with E-state index in [1.807, 2.05) is 6.92 Å². The van der Waals surface area contributed by atoms with Gasteiger partial charge in [-0.3, -0.25) is 4.79 Å². The summed E-state index contributed by atoms with van der Waals surface area (Å²) in [5, 5.41) is 10.5. The van der Waals surface area contributed by atoms with E-state index in [-0.39, 0.29) is 16.9 Å². The molecule has 1 heterocycles. The Labute approximate surface area is 97.5 Å². The topological polar surface area (TPSA) is 67.5 Å². The maximum atomic E-state index is 11.4. The molecular formula is C13H12O4. The van der Waals surface area contributed by atoms with E-state index in [0.29, 0.717) is 23.7 Å². The standard InChI is InChI=1S/C13H12O4/c1-3-8-5-11(15)17-13-9(8)4-7(2)12(16)10(13)6-14/h4-6,16H,3H2,1-2H3. The Bertz CT molecular complexity index is 652. The molecular weight excluding hydrogens is 220 g/mol. The van der Waals surface area contributed by atoms with E-state index in [1.54, 1.807) is 13.0 Å². The highest BCUT2D eigenvalue weighted by Gasteiger charge is 2.14. The zero-order valence-corrected chi connectivity index (χ0v) is 9.61. The van der Waals surface area contributed by atoms with Gasteiger partial charge >= 0.3 is 5.63 Å². The average Bonchev–Trinajstić information content (AvgIpc) is 2.31. The SMILES string of the molecule is CCc1cc(=O)oc2c(C=O)c(O)c(C)cc12. The number of hydrogen-bond donors (Lipinski definition) is 1. The van der Waals surface area contributed by atoms with Crippen LogP contribution in [0, 0.1) is 6.92 Å². The molecule has 1 N–H and O–H groups in total. The Balaban J connectivity index is 3.04. The Kier molecular flexibility index (Phi) is 2.71. The molecule has 4 nitrogen and oxygen atoms in total. The molecule has 0 saturated heterocycles. The van der Waals surface area contributed by atoms with Crippen molar-refractivity contribution in [2.75, 3.05) is 0 Å². The van der Waals surface area contributed by atoms with E-state index in [0.717, 1.165) is 5.56 Å². The number of carbonyl (C=O) groups excluding carboxylic acids is 1. The van der Waals surface area contributed by atoms with Crippen LogP contribution in [0.3, 0.4) is 0 Å². The number of aryl methyl sites for hydroxylation is 2. The van der Waals surface area contributed by atoms with Gasteiger partial charge in [0.05, 0.1) is 5.56 Å². The van der Waals surface area contributed by atoms with Crippen LogP contribution in [0.2, 0.25) is 0 Å². The largest absolute Gasteiger partial charge is 0.507 e. The van der Waals surface area contributed by atoms with Gasteiger partial charge in [0.15, 0.2) is 11.9 Å². The summed E-state index contributed by atoms with van der Waals surface area (Å²) in [7, 11) is 0. The normalized spacial score (nSPS) is 10.7. The minimum absolute atomic E-state index is 0.0346. The third kappa shape index (κ3) is 1.71. The summed E-state index contributed by atoms with van der Waals surface area (Å²) in [6.07, 6.45) is 1.16. The predicted molar refractivity (Wildman–Crippen MR) is 63.7 cm³/mol. The number of rotatable bonds is 2. The summed E-state index contributed by atoms with van der Waals surface area (Å²) in [4.78, 5) is 22.3. The summed E-state index contributed by atoms with van der Waals surface area (Å²) in [5.41, 5.74) is 1.08. The maximum Gasteiger partial charge on any atom is 0.336 e. The molecule has 0 amide bonds. The smallest absolute Gasteiger partial charge is 0.336 e. The molecule has 0 unspecified atom stereocenters. The molecule has 2 aromatic rings. The van der Waals surface area contributed by atoms with Crippen molar-refractivity contribution in [2.45, 2.75) is 20.3 Å². The number of fused-ring (bicyclic) bond motifs is 1. The first kappa shape index (κ1) is 11.4. The zero-order valence-electron chi connectivity index (χ0n) is 9.61. The number of phenolic OH excluding ortho intramolecular Hbond substituents is 1. The van der Waals surface area contributed by atoms with Crippen LogP contribution in [0.5, 0.6) is 5.75 Å². The number of benzene rings is 1. The van der Waals surface area contributed by atoms with Gasteiger partial charge in [0.2, 0.25) is 0 Å². The second kappa shape index (κ2) is 4.05. The molecule has 0 radical (unpaired) electrons. The molecule has 0 fully saturated rings. The average molecular weight is 232 g/mol. The van der Waals surface area contributed by atoms with Gasteiger partial charge in [-0.15, -0.1) is 0 Å². The van der Waals surface area contributed by atoms with E-state index in [4.69, 9.17) is 4.42 Å². The first-order valence-electron chi connectivity index (χ1n) is 5.33. The van der Waals surface area contributed by atoms with E-state index < -0.39 is 5.63 Å². The third-order valence-electron chi connectivity index (χ3n) is 2.82. The quantitative estimate of drug-likeness (QED) is 0.636. The van der Waals surface area contributed by atoms with Crippen molar-refractivity contribution in [3.8, 4) is 5.75 Å². The fraction of sp³-hybridized carbons (Fsp3) is 0.231. The Morgan fingerprint density at radius 1 is 1.41 bits per heavy atom. The molecule has 0 aliphatic heterocycles. The van der Waals surface area contributed by atoms with Crippen LogP contribution in [0.1, 0.15) is 28.4 Å². The van der Waals surface area contributed by atoms with Crippen molar-refractivity contribution >= 4 is 17.3 Å². The van der Waals surface area contributed by atoms with Gasteiger partial charge in [-0.2, -0.15) is 0 Å². The van der Waals surface area contributed by atoms with Crippen molar-refractivity contribution in [1.82, 2.24) is 0 Å². The minimum atomic E-state index is -0.513. The lowest BCUT2D eigenvalue weighted by atomic mass is 10.0. The first-order valence-corrected chi connectivity index (χ1v) is 5.33. The molecule has 0 saturated carbocycles. The van der Waals surface area contributed by atoms with Crippen LogP contribution >= 0.6 is 0 Å². The molecule has 0 atom stereocenters. The highest BCUT2D eigenvalue weighted by molar-refractivity contribution is 5.99. The van der Waals surface area contributed by atoms with Crippen LogP contribution < -0.4 is 5.63 Å². The minimum Gasteiger partial charge on any atom is -0.507 e. The summed E-state index contributed by atoms with van der Waals surface area (Å²) in [5.74, 6) is -0.135. The molecule has 1 aromatic heterocycles. The molecule has 0 aliphatic carbocycles. The number of aromatic hydroxyl groups is 1. The predicted octanol–water partition coefficient (Wildman–Crippen LogP) is 2.18. The monoisotopic (exact) mass is 232 g/mol. The fourth-order valence-corrected chi connectivity index (χ4v) is 1.92. The van der Waals surface area contributed by atoms with E-state index in [2.05, 4.69) is 0 Å². The molecule has 0 bridgehead atoms. The Hall–Kier alpha value is -2.10. The fourth-order valence-electron chi connectivity index (χ4n) is 1.92. The Morgan fingerprint density at radius 2 is 2.12 bits per heavy atom. The second-order valence-electron chi connectivity index (χ2n) is 3.89. The van der Waals surface area contributed by atoms with Gasteiger partial charge < -0.3 is 9.52 Å². The number of aldehydes is 1. The number of carbonyl (C=O) groups is 1. The maximum absolute atomic E-state index is 11.4. The second-order valence-corrected chi connectivity index (χ2v) is 3.89. The van der Waals surface area contributed by atoms with Crippen molar-refractivity contribution in [1.29, 1.82) is 0 Å². The van der Waals surface area contributed by atoms with Crippen molar-refractivity contribution < 1.29 is 14.3 Å². The highest BCUT2D eigenvalue weighted by atomic mass is 16.4. The number of hydrogen-bond acceptors (Lipinski definition) is 4. The van der Waals surface area contributed by atoms with Gasteiger partial charge in [0, 0.05) is 11.5 Å². The molecule has 0 aliphatic rings. The zero-order chi connectivity index (χ0) is 12.6. The highest BCUT2D eigenvalue weighted by Crippen LogP contribution is 2.30. The molecule has 0 spiro atoms. The summed E-state index contributed by atoms with van der Waals surface area (Å²) >= 11 is 0. The van der Waals surface area contributed by atoms with E-state index >= 15 is 0 Å².